The first-order chi connectivity index (χ1) is 9.78. The lowest BCUT2D eigenvalue weighted by atomic mass is 10.2. The largest absolute Gasteiger partial charge is 0.459 e. The predicted molar refractivity (Wildman–Crippen MR) is 71.0 cm³/mol. The molecule has 2 heterocycles. The van der Waals surface area contributed by atoms with Crippen LogP contribution in [0.4, 0.5) is 0 Å². The van der Waals surface area contributed by atoms with Crippen molar-refractivity contribution >= 4 is 16.9 Å². The van der Waals surface area contributed by atoms with E-state index in [-0.39, 0.29) is 18.4 Å². The number of para-hydroxylation sites is 1. The van der Waals surface area contributed by atoms with Crippen molar-refractivity contribution in [3.05, 3.63) is 42.3 Å². The number of hydrogen-bond acceptors (Lipinski definition) is 6. The van der Waals surface area contributed by atoms with E-state index in [0.29, 0.717) is 5.69 Å². The number of pyridine rings is 1. The van der Waals surface area contributed by atoms with Gasteiger partial charge in [-0.05, 0) is 19.1 Å². The minimum absolute atomic E-state index is 0.170. The quantitative estimate of drug-likeness (QED) is 0.679. The average Bonchev–Trinajstić information content (AvgIpc) is 2.97. The molecule has 0 spiro atoms. The Kier molecular flexibility index (Phi) is 3.12. The van der Waals surface area contributed by atoms with Gasteiger partial charge in [0.25, 0.3) is 5.89 Å². The van der Waals surface area contributed by atoms with Crippen molar-refractivity contribution in [3.8, 4) is 11.6 Å². The second kappa shape index (κ2) is 5.08. The molecule has 0 radical (unpaired) electrons. The molecule has 3 aromatic rings. The summed E-state index contributed by atoms with van der Waals surface area (Å²) >= 11 is 0. The predicted octanol–water partition coefficient (Wildman–Crippen LogP) is 2.46. The van der Waals surface area contributed by atoms with Crippen LogP contribution in [0, 0.1) is 0 Å². The van der Waals surface area contributed by atoms with Gasteiger partial charge in [0.2, 0.25) is 0 Å². The molecule has 0 aliphatic heterocycles. The molecule has 0 unspecified atom stereocenters. The topological polar surface area (TPSA) is 78.1 Å². The molecule has 0 aliphatic carbocycles. The van der Waals surface area contributed by atoms with Crippen LogP contribution in [0.1, 0.15) is 17.6 Å². The fourth-order valence-corrected chi connectivity index (χ4v) is 1.79. The van der Waals surface area contributed by atoms with E-state index in [0.717, 1.165) is 10.9 Å². The number of benzene rings is 1. The van der Waals surface area contributed by atoms with Crippen molar-refractivity contribution in [2.24, 2.45) is 0 Å². The van der Waals surface area contributed by atoms with Gasteiger partial charge in [-0.2, -0.15) is 0 Å². The number of carbonyl (C=O) groups excluding carboxylic acids is 1. The second-order valence-corrected chi connectivity index (χ2v) is 4.02. The Labute approximate surface area is 114 Å². The molecule has 0 saturated carbocycles. The summed E-state index contributed by atoms with van der Waals surface area (Å²) in [5.41, 5.74) is 1.34. The van der Waals surface area contributed by atoms with Gasteiger partial charge < -0.3 is 9.15 Å². The number of esters is 1. The van der Waals surface area contributed by atoms with E-state index in [1.165, 1.54) is 0 Å². The first-order valence-corrected chi connectivity index (χ1v) is 6.14. The molecule has 0 amide bonds. The van der Waals surface area contributed by atoms with E-state index in [1.807, 2.05) is 30.3 Å². The third kappa shape index (κ3) is 2.23. The van der Waals surface area contributed by atoms with Crippen LogP contribution < -0.4 is 0 Å². The zero-order valence-corrected chi connectivity index (χ0v) is 10.7. The van der Waals surface area contributed by atoms with Gasteiger partial charge in [0.15, 0.2) is 0 Å². The number of fused-ring (bicyclic) bond motifs is 1. The molecular formula is C14H11N3O3. The number of rotatable bonds is 3. The van der Waals surface area contributed by atoms with Crippen molar-refractivity contribution in [2.75, 3.05) is 6.61 Å². The zero-order valence-electron chi connectivity index (χ0n) is 10.7. The SMILES string of the molecule is CCOC(=O)c1nnc(-c2ccc3ccccc3n2)o1. The maximum Gasteiger partial charge on any atom is 0.396 e. The number of hydrogen-bond donors (Lipinski definition) is 0. The number of carbonyl (C=O) groups is 1. The van der Waals surface area contributed by atoms with Crippen LogP contribution in [-0.4, -0.2) is 27.8 Å². The fourth-order valence-electron chi connectivity index (χ4n) is 1.79. The molecule has 0 atom stereocenters. The summed E-state index contributed by atoms with van der Waals surface area (Å²) in [4.78, 5) is 15.9. The molecule has 2 aromatic heterocycles. The van der Waals surface area contributed by atoms with Gasteiger partial charge in [-0.25, -0.2) is 9.78 Å². The smallest absolute Gasteiger partial charge is 0.396 e. The second-order valence-electron chi connectivity index (χ2n) is 4.02. The summed E-state index contributed by atoms with van der Waals surface area (Å²) in [6.07, 6.45) is 0. The van der Waals surface area contributed by atoms with Crippen molar-refractivity contribution in [1.82, 2.24) is 15.2 Å². The highest BCUT2D eigenvalue weighted by Crippen LogP contribution is 2.19. The van der Waals surface area contributed by atoms with Gasteiger partial charge in [0.1, 0.15) is 5.69 Å². The Morgan fingerprint density at radius 3 is 2.90 bits per heavy atom. The summed E-state index contributed by atoms with van der Waals surface area (Å²) in [6.45, 7) is 1.96. The third-order valence-corrected chi connectivity index (χ3v) is 2.69. The molecule has 0 saturated heterocycles. The highest BCUT2D eigenvalue weighted by Gasteiger charge is 2.17. The van der Waals surface area contributed by atoms with Gasteiger partial charge in [-0.3, -0.25) is 0 Å². The lowest BCUT2D eigenvalue weighted by Gasteiger charge is -1.98. The Morgan fingerprint density at radius 1 is 1.20 bits per heavy atom. The van der Waals surface area contributed by atoms with Crippen LogP contribution >= 0.6 is 0 Å². The highest BCUT2D eigenvalue weighted by molar-refractivity contribution is 5.84. The Hall–Kier alpha value is -2.76. The third-order valence-electron chi connectivity index (χ3n) is 2.69. The first-order valence-electron chi connectivity index (χ1n) is 6.14. The van der Waals surface area contributed by atoms with Gasteiger partial charge in [0, 0.05) is 5.39 Å². The Balaban J connectivity index is 1.96. The molecule has 100 valence electrons. The maximum absolute atomic E-state index is 11.5. The van der Waals surface area contributed by atoms with Crippen molar-refractivity contribution < 1.29 is 13.9 Å². The highest BCUT2D eigenvalue weighted by atomic mass is 16.5. The molecule has 1 aromatic carbocycles. The van der Waals surface area contributed by atoms with Crippen LogP contribution in [0.5, 0.6) is 0 Å². The van der Waals surface area contributed by atoms with E-state index in [2.05, 4.69) is 15.2 Å². The van der Waals surface area contributed by atoms with E-state index in [4.69, 9.17) is 9.15 Å². The van der Waals surface area contributed by atoms with Crippen LogP contribution in [0.2, 0.25) is 0 Å². The normalized spacial score (nSPS) is 10.7. The van der Waals surface area contributed by atoms with Crippen molar-refractivity contribution in [3.63, 3.8) is 0 Å². The van der Waals surface area contributed by atoms with Gasteiger partial charge in [-0.1, -0.05) is 24.3 Å². The summed E-state index contributed by atoms with van der Waals surface area (Å²) in [5, 5.41) is 8.49. The van der Waals surface area contributed by atoms with Gasteiger partial charge in [0.05, 0.1) is 12.1 Å². The minimum Gasteiger partial charge on any atom is -0.459 e. The summed E-state index contributed by atoms with van der Waals surface area (Å²) in [5.74, 6) is -0.609. The number of aromatic nitrogens is 3. The zero-order chi connectivity index (χ0) is 13.9. The van der Waals surface area contributed by atoms with Crippen LogP contribution in [0.3, 0.4) is 0 Å². The van der Waals surface area contributed by atoms with E-state index in [1.54, 1.807) is 13.0 Å². The lowest BCUT2D eigenvalue weighted by molar-refractivity contribution is 0.0481. The number of nitrogens with zero attached hydrogens (tertiary/aromatic N) is 3. The minimum atomic E-state index is -0.632. The van der Waals surface area contributed by atoms with E-state index < -0.39 is 5.97 Å². The first kappa shape index (κ1) is 12.3. The van der Waals surface area contributed by atoms with Crippen LogP contribution in [-0.2, 0) is 4.74 Å². The van der Waals surface area contributed by atoms with Crippen LogP contribution in [0.15, 0.2) is 40.8 Å². The molecule has 3 rings (SSSR count). The molecular weight excluding hydrogens is 258 g/mol. The number of ether oxygens (including phenoxy) is 1. The van der Waals surface area contributed by atoms with Crippen LogP contribution in [0.25, 0.3) is 22.5 Å². The van der Waals surface area contributed by atoms with Crippen molar-refractivity contribution in [1.29, 1.82) is 0 Å². The van der Waals surface area contributed by atoms with E-state index in [9.17, 15) is 4.79 Å². The summed E-state index contributed by atoms with van der Waals surface area (Å²) < 4.78 is 10.1. The fraction of sp³-hybridized carbons (Fsp3) is 0.143. The molecule has 6 nitrogen and oxygen atoms in total. The summed E-state index contributed by atoms with van der Waals surface area (Å²) in [7, 11) is 0. The maximum atomic E-state index is 11.5. The monoisotopic (exact) mass is 269 g/mol. The summed E-state index contributed by atoms with van der Waals surface area (Å²) in [6, 6.07) is 11.4. The Bertz CT molecular complexity index is 767. The molecule has 0 N–H and O–H groups in total. The van der Waals surface area contributed by atoms with Crippen molar-refractivity contribution in [2.45, 2.75) is 6.92 Å². The molecule has 0 fully saturated rings. The standard InChI is InChI=1S/C14H11N3O3/c1-2-19-14(18)13-17-16-12(20-13)11-8-7-9-5-3-4-6-10(9)15-11/h3-8H,2H2,1H3. The van der Waals surface area contributed by atoms with Gasteiger partial charge in [-0.15, -0.1) is 10.2 Å². The average molecular weight is 269 g/mol. The molecule has 20 heavy (non-hydrogen) atoms. The Morgan fingerprint density at radius 2 is 2.05 bits per heavy atom. The van der Waals surface area contributed by atoms with Gasteiger partial charge >= 0.3 is 11.9 Å². The lowest BCUT2D eigenvalue weighted by Crippen LogP contribution is -2.04. The molecule has 6 heteroatoms. The molecule has 0 aliphatic rings. The van der Waals surface area contributed by atoms with E-state index >= 15 is 0 Å². The molecule has 0 bridgehead atoms.